The van der Waals surface area contributed by atoms with Crippen LogP contribution in [0.3, 0.4) is 0 Å². The zero-order valence-corrected chi connectivity index (χ0v) is 10.4. The van der Waals surface area contributed by atoms with Crippen LogP contribution in [0.5, 0.6) is 0 Å². The van der Waals surface area contributed by atoms with E-state index < -0.39 is 0 Å². The summed E-state index contributed by atoms with van der Waals surface area (Å²) in [4.78, 5) is 8.24. The quantitative estimate of drug-likeness (QED) is 0.860. The van der Waals surface area contributed by atoms with Gasteiger partial charge in [-0.25, -0.2) is 9.97 Å². The van der Waals surface area contributed by atoms with Crippen molar-refractivity contribution in [1.29, 1.82) is 0 Å². The van der Waals surface area contributed by atoms with E-state index in [1.54, 1.807) is 4.52 Å². The topological polar surface area (TPSA) is 69.1 Å². The third-order valence-electron chi connectivity index (χ3n) is 3.07. The standard InChI is InChI=1S/C12H19N5/c1-3-5-9(6-4-2)10-7-16-17-11(10)14-8-15-12(17)13/h7-9H,3-6H2,1-2H3,(H2,13,14,15). The van der Waals surface area contributed by atoms with E-state index in [2.05, 4.69) is 28.9 Å². The SMILES string of the molecule is CCCC(CCC)c1cnn2c(N)ncnc12. The van der Waals surface area contributed by atoms with E-state index in [-0.39, 0.29) is 0 Å². The molecule has 0 radical (unpaired) electrons. The Bertz CT molecular complexity index is 485. The lowest BCUT2D eigenvalue weighted by Gasteiger charge is -2.13. The predicted octanol–water partition coefficient (Wildman–Crippen LogP) is 2.39. The second-order valence-electron chi connectivity index (χ2n) is 4.34. The average Bonchev–Trinajstić information content (AvgIpc) is 2.74. The molecule has 92 valence electrons. The number of hydrogen-bond donors (Lipinski definition) is 1. The smallest absolute Gasteiger partial charge is 0.224 e. The van der Waals surface area contributed by atoms with Crippen LogP contribution < -0.4 is 5.73 Å². The summed E-state index contributed by atoms with van der Waals surface area (Å²) in [5.74, 6) is 0.921. The number of hydrogen-bond acceptors (Lipinski definition) is 4. The molecule has 0 aromatic carbocycles. The highest BCUT2D eigenvalue weighted by molar-refractivity contribution is 5.50. The van der Waals surface area contributed by atoms with Crippen LogP contribution in [0.15, 0.2) is 12.5 Å². The van der Waals surface area contributed by atoms with E-state index in [0.29, 0.717) is 11.9 Å². The van der Waals surface area contributed by atoms with E-state index in [9.17, 15) is 0 Å². The lowest BCUT2D eigenvalue weighted by Crippen LogP contribution is -2.04. The molecule has 2 N–H and O–H groups in total. The molecule has 2 aromatic rings. The van der Waals surface area contributed by atoms with Gasteiger partial charge in [0.05, 0.1) is 6.20 Å². The molecular weight excluding hydrogens is 214 g/mol. The Kier molecular flexibility index (Phi) is 3.56. The van der Waals surface area contributed by atoms with Crippen LogP contribution in [0, 0.1) is 0 Å². The van der Waals surface area contributed by atoms with Crippen LogP contribution in [0.2, 0.25) is 0 Å². The van der Waals surface area contributed by atoms with Gasteiger partial charge in [0.2, 0.25) is 5.95 Å². The maximum Gasteiger partial charge on any atom is 0.224 e. The number of anilines is 1. The van der Waals surface area contributed by atoms with E-state index in [0.717, 1.165) is 5.65 Å². The van der Waals surface area contributed by atoms with Crippen LogP contribution in [0.25, 0.3) is 5.65 Å². The van der Waals surface area contributed by atoms with Gasteiger partial charge in [-0.1, -0.05) is 26.7 Å². The summed E-state index contributed by atoms with van der Waals surface area (Å²) < 4.78 is 1.62. The van der Waals surface area contributed by atoms with Gasteiger partial charge >= 0.3 is 0 Å². The third kappa shape index (κ3) is 2.23. The van der Waals surface area contributed by atoms with Gasteiger partial charge in [0.15, 0.2) is 5.65 Å². The first-order chi connectivity index (χ1) is 8.27. The van der Waals surface area contributed by atoms with Gasteiger partial charge < -0.3 is 5.73 Å². The molecule has 0 saturated carbocycles. The lowest BCUT2D eigenvalue weighted by molar-refractivity contribution is 0.563. The molecule has 0 bridgehead atoms. The Hall–Kier alpha value is -1.65. The molecule has 2 aromatic heterocycles. The minimum absolute atomic E-state index is 0.396. The Labute approximate surface area is 101 Å². The van der Waals surface area contributed by atoms with Crippen molar-refractivity contribution in [3.8, 4) is 0 Å². The van der Waals surface area contributed by atoms with Crippen molar-refractivity contribution >= 4 is 11.6 Å². The summed E-state index contributed by atoms with van der Waals surface area (Å²) in [6.07, 6.45) is 8.06. The lowest BCUT2D eigenvalue weighted by atomic mass is 9.92. The number of nitrogen functional groups attached to an aromatic ring is 1. The van der Waals surface area contributed by atoms with E-state index >= 15 is 0 Å². The first-order valence-electron chi connectivity index (χ1n) is 6.22. The largest absolute Gasteiger partial charge is 0.368 e. The molecule has 5 nitrogen and oxygen atoms in total. The number of nitrogens with zero attached hydrogens (tertiary/aromatic N) is 4. The van der Waals surface area contributed by atoms with Crippen LogP contribution in [0.4, 0.5) is 5.95 Å². The predicted molar refractivity (Wildman–Crippen MR) is 67.8 cm³/mol. The van der Waals surface area contributed by atoms with Crippen molar-refractivity contribution in [2.24, 2.45) is 0 Å². The molecule has 2 rings (SSSR count). The van der Waals surface area contributed by atoms with Crippen LogP contribution >= 0.6 is 0 Å². The second kappa shape index (κ2) is 5.12. The van der Waals surface area contributed by atoms with Crippen LogP contribution in [-0.2, 0) is 0 Å². The fourth-order valence-corrected chi connectivity index (χ4v) is 2.29. The molecule has 0 aliphatic heterocycles. The highest BCUT2D eigenvalue weighted by Crippen LogP contribution is 2.28. The molecule has 0 aliphatic rings. The van der Waals surface area contributed by atoms with E-state index in [1.807, 2.05) is 6.20 Å². The minimum atomic E-state index is 0.396. The first kappa shape index (κ1) is 11.8. The monoisotopic (exact) mass is 233 g/mol. The summed E-state index contributed by atoms with van der Waals surface area (Å²) in [5, 5.41) is 4.27. The van der Waals surface area contributed by atoms with E-state index in [1.165, 1.54) is 37.6 Å². The van der Waals surface area contributed by atoms with Crippen molar-refractivity contribution in [2.75, 3.05) is 5.73 Å². The molecule has 17 heavy (non-hydrogen) atoms. The Balaban J connectivity index is 2.42. The summed E-state index contributed by atoms with van der Waals surface area (Å²) in [7, 11) is 0. The summed E-state index contributed by atoms with van der Waals surface area (Å²) in [6.45, 7) is 4.41. The summed E-state index contributed by atoms with van der Waals surface area (Å²) in [5.41, 5.74) is 7.82. The number of rotatable bonds is 5. The molecule has 0 aliphatic carbocycles. The van der Waals surface area contributed by atoms with Crippen molar-refractivity contribution in [3.63, 3.8) is 0 Å². The van der Waals surface area contributed by atoms with Gasteiger partial charge in [0.1, 0.15) is 6.33 Å². The van der Waals surface area contributed by atoms with Crippen molar-refractivity contribution in [3.05, 3.63) is 18.1 Å². The number of nitrogens with two attached hydrogens (primary N) is 1. The van der Waals surface area contributed by atoms with E-state index in [4.69, 9.17) is 5.73 Å². The number of fused-ring (bicyclic) bond motifs is 1. The van der Waals surface area contributed by atoms with Gasteiger partial charge in [0, 0.05) is 5.56 Å². The molecule has 0 atom stereocenters. The maximum absolute atomic E-state index is 5.77. The highest BCUT2D eigenvalue weighted by atomic mass is 15.3. The fraction of sp³-hybridized carbons (Fsp3) is 0.583. The zero-order valence-electron chi connectivity index (χ0n) is 10.4. The summed E-state index contributed by atoms with van der Waals surface area (Å²) in [6, 6.07) is 0. The van der Waals surface area contributed by atoms with Gasteiger partial charge in [-0.15, -0.1) is 0 Å². The molecule has 0 amide bonds. The van der Waals surface area contributed by atoms with Gasteiger partial charge in [-0.3, -0.25) is 0 Å². The van der Waals surface area contributed by atoms with Gasteiger partial charge in [0.25, 0.3) is 0 Å². The Morgan fingerprint density at radius 2 is 1.94 bits per heavy atom. The van der Waals surface area contributed by atoms with Crippen molar-refractivity contribution in [2.45, 2.75) is 45.4 Å². The highest BCUT2D eigenvalue weighted by Gasteiger charge is 2.16. The molecule has 0 unspecified atom stereocenters. The van der Waals surface area contributed by atoms with Gasteiger partial charge in [-0.05, 0) is 18.8 Å². The molecule has 0 fully saturated rings. The van der Waals surface area contributed by atoms with Crippen molar-refractivity contribution < 1.29 is 0 Å². The molecule has 0 spiro atoms. The first-order valence-corrected chi connectivity index (χ1v) is 6.22. The Morgan fingerprint density at radius 1 is 1.24 bits per heavy atom. The molecular formula is C12H19N5. The normalized spacial score (nSPS) is 11.5. The average molecular weight is 233 g/mol. The van der Waals surface area contributed by atoms with Gasteiger partial charge in [-0.2, -0.15) is 9.61 Å². The second-order valence-corrected chi connectivity index (χ2v) is 4.34. The Morgan fingerprint density at radius 3 is 2.59 bits per heavy atom. The fourth-order valence-electron chi connectivity index (χ4n) is 2.29. The van der Waals surface area contributed by atoms with Crippen LogP contribution in [-0.4, -0.2) is 19.6 Å². The van der Waals surface area contributed by atoms with Crippen molar-refractivity contribution in [1.82, 2.24) is 19.6 Å². The maximum atomic E-state index is 5.77. The summed E-state index contributed by atoms with van der Waals surface area (Å²) >= 11 is 0. The molecule has 0 saturated heterocycles. The molecule has 2 heterocycles. The van der Waals surface area contributed by atoms with Crippen LogP contribution in [0.1, 0.15) is 51.0 Å². The molecule has 5 heteroatoms. The number of aromatic nitrogens is 4. The zero-order chi connectivity index (χ0) is 12.3. The third-order valence-corrected chi connectivity index (χ3v) is 3.07. The minimum Gasteiger partial charge on any atom is -0.368 e.